The molecule has 5 rings (SSSR count). The predicted octanol–water partition coefficient (Wildman–Crippen LogP) is 5.37. The average Bonchev–Trinajstić information content (AvgIpc) is 3.30. The first-order valence-electron chi connectivity index (χ1n) is 9.47. The first kappa shape index (κ1) is 17.8. The van der Waals surface area contributed by atoms with Gasteiger partial charge in [0, 0.05) is 12.0 Å². The van der Waals surface area contributed by atoms with Crippen molar-refractivity contribution in [2.75, 3.05) is 0 Å². The van der Waals surface area contributed by atoms with Crippen LogP contribution in [0.2, 0.25) is 0 Å². The van der Waals surface area contributed by atoms with Crippen LogP contribution in [-0.2, 0) is 0 Å². The molecule has 4 aromatic rings. The van der Waals surface area contributed by atoms with Crippen molar-refractivity contribution in [2.45, 2.75) is 26.2 Å². The van der Waals surface area contributed by atoms with Gasteiger partial charge >= 0.3 is 0 Å². The molecular formula is C23H18N4OS. The third-order valence-electron chi connectivity index (χ3n) is 5.51. The summed E-state index contributed by atoms with van der Waals surface area (Å²) in [5, 5.41) is 15.5. The lowest BCUT2D eigenvalue weighted by Crippen LogP contribution is -2.32. The van der Waals surface area contributed by atoms with Gasteiger partial charge in [-0.2, -0.15) is 10.4 Å². The van der Waals surface area contributed by atoms with Gasteiger partial charge < -0.3 is 0 Å². The Labute approximate surface area is 172 Å². The van der Waals surface area contributed by atoms with E-state index in [4.69, 9.17) is 10.1 Å². The molecule has 1 unspecified atom stereocenters. The number of hydrogen-bond donors (Lipinski definition) is 0. The third kappa shape index (κ3) is 2.70. The molecule has 29 heavy (non-hydrogen) atoms. The number of ketones is 1. The number of aromatic nitrogens is 3. The van der Waals surface area contributed by atoms with Crippen molar-refractivity contribution in [3.63, 3.8) is 0 Å². The molecule has 1 aliphatic carbocycles. The lowest BCUT2D eigenvalue weighted by atomic mass is 9.68. The van der Waals surface area contributed by atoms with Crippen LogP contribution in [-0.4, -0.2) is 20.5 Å². The Morgan fingerprint density at radius 3 is 2.59 bits per heavy atom. The van der Waals surface area contributed by atoms with Crippen LogP contribution in [0.25, 0.3) is 26.6 Å². The van der Waals surface area contributed by atoms with Crippen LogP contribution in [0.4, 0.5) is 0 Å². The lowest BCUT2D eigenvalue weighted by Gasteiger charge is -2.33. The summed E-state index contributed by atoms with van der Waals surface area (Å²) in [5.74, 6) is -0.421. The van der Waals surface area contributed by atoms with Crippen molar-refractivity contribution in [3.8, 4) is 22.5 Å². The van der Waals surface area contributed by atoms with Gasteiger partial charge in [-0.15, -0.1) is 0 Å². The van der Waals surface area contributed by atoms with Crippen molar-refractivity contribution in [3.05, 3.63) is 65.9 Å². The van der Waals surface area contributed by atoms with E-state index in [1.54, 1.807) is 4.68 Å². The summed E-state index contributed by atoms with van der Waals surface area (Å²) in [6, 6.07) is 20.0. The van der Waals surface area contributed by atoms with E-state index >= 15 is 0 Å². The minimum absolute atomic E-state index is 0.0303. The van der Waals surface area contributed by atoms with Crippen molar-refractivity contribution in [1.82, 2.24) is 14.8 Å². The predicted molar refractivity (Wildman–Crippen MR) is 113 cm³/mol. The van der Waals surface area contributed by atoms with Crippen LogP contribution in [0.5, 0.6) is 0 Å². The number of rotatable bonds is 2. The second-order valence-electron chi connectivity index (χ2n) is 8.00. The van der Waals surface area contributed by atoms with Gasteiger partial charge in [-0.3, -0.25) is 4.79 Å². The highest BCUT2D eigenvalue weighted by Gasteiger charge is 2.45. The van der Waals surface area contributed by atoms with Gasteiger partial charge in [-0.1, -0.05) is 67.6 Å². The first-order valence-corrected chi connectivity index (χ1v) is 10.3. The maximum Gasteiger partial charge on any atom is 0.211 e. The summed E-state index contributed by atoms with van der Waals surface area (Å²) in [7, 11) is 0. The molecule has 0 saturated heterocycles. The second-order valence-corrected chi connectivity index (χ2v) is 9.01. The molecule has 0 bridgehead atoms. The summed E-state index contributed by atoms with van der Waals surface area (Å²) >= 11 is 1.51. The second kappa shape index (κ2) is 6.36. The highest BCUT2D eigenvalue weighted by Crippen LogP contribution is 2.48. The summed E-state index contributed by atoms with van der Waals surface area (Å²) in [6.45, 7) is 3.94. The van der Waals surface area contributed by atoms with E-state index in [0.29, 0.717) is 28.5 Å². The molecule has 1 aliphatic rings. The highest BCUT2D eigenvalue weighted by atomic mass is 32.1. The molecule has 142 valence electrons. The number of carbonyl (C=O) groups excluding carboxylic acids is 1. The van der Waals surface area contributed by atoms with Crippen LogP contribution in [0.15, 0.2) is 54.6 Å². The smallest absolute Gasteiger partial charge is 0.211 e. The molecule has 0 saturated carbocycles. The fourth-order valence-electron chi connectivity index (χ4n) is 4.08. The standard InChI is InChI=1S/C23H18N4OS/c1-23(2)12-17(28)19-20(14-8-4-3-5-9-14)26-27(21(19)15(23)13-24)22-25-16-10-6-7-11-18(16)29-22/h3-11,15H,12H2,1-2H3. The molecule has 0 aliphatic heterocycles. The van der Waals surface area contributed by atoms with E-state index < -0.39 is 11.3 Å². The number of thiazole rings is 1. The zero-order chi connectivity index (χ0) is 20.2. The van der Waals surface area contributed by atoms with Crippen molar-refractivity contribution in [2.24, 2.45) is 5.41 Å². The van der Waals surface area contributed by atoms with Gasteiger partial charge in [0.15, 0.2) is 5.78 Å². The maximum atomic E-state index is 13.2. The molecule has 0 radical (unpaired) electrons. The Balaban J connectivity index is 1.84. The number of Topliss-reactive ketones (excluding diaryl/α,β-unsaturated/α-hetero) is 1. The van der Waals surface area contributed by atoms with E-state index in [0.717, 1.165) is 15.8 Å². The Morgan fingerprint density at radius 1 is 1.14 bits per heavy atom. The molecular weight excluding hydrogens is 380 g/mol. The Morgan fingerprint density at radius 2 is 1.86 bits per heavy atom. The molecule has 0 N–H and O–H groups in total. The molecule has 0 spiro atoms. The number of benzene rings is 2. The summed E-state index contributed by atoms with van der Waals surface area (Å²) in [6.07, 6.45) is 0.323. The largest absolute Gasteiger partial charge is 0.294 e. The van der Waals surface area contributed by atoms with E-state index in [1.165, 1.54) is 11.3 Å². The number of nitriles is 1. The van der Waals surface area contributed by atoms with Crippen molar-refractivity contribution in [1.29, 1.82) is 5.26 Å². The van der Waals surface area contributed by atoms with Gasteiger partial charge in [-0.25, -0.2) is 9.67 Å². The van der Waals surface area contributed by atoms with Crippen LogP contribution in [0.1, 0.15) is 42.2 Å². The van der Waals surface area contributed by atoms with Gasteiger partial charge in [0.2, 0.25) is 5.13 Å². The first-order chi connectivity index (χ1) is 14.0. The van der Waals surface area contributed by atoms with Crippen molar-refractivity contribution < 1.29 is 4.79 Å². The van der Waals surface area contributed by atoms with Gasteiger partial charge in [0.05, 0.1) is 33.5 Å². The SMILES string of the molecule is CC1(C)CC(=O)c2c(-c3ccccc3)nn(-c3nc4ccccc4s3)c2C1C#N. The summed E-state index contributed by atoms with van der Waals surface area (Å²) < 4.78 is 2.78. The summed E-state index contributed by atoms with van der Waals surface area (Å²) in [5.41, 5.74) is 3.12. The molecule has 1 atom stereocenters. The molecule has 5 nitrogen and oxygen atoms in total. The van der Waals surface area contributed by atoms with Gasteiger partial charge in [0.25, 0.3) is 0 Å². The average molecular weight is 398 g/mol. The molecule has 0 amide bonds. The van der Waals surface area contributed by atoms with Gasteiger partial charge in [0.1, 0.15) is 5.69 Å². The number of fused-ring (bicyclic) bond motifs is 2. The number of nitrogens with zero attached hydrogens (tertiary/aromatic N) is 4. The van der Waals surface area contributed by atoms with E-state index in [9.17, 15) is 10.1 Å². The number of carbonyl (C=O) groups is 1. The Hall–Kier alpha value is -3.30. The number of para-hydroxylation sites is 1. The topological polar surface area (TPSA) is 71.6 Å². The van der Waals surface area contributed by atoms with Crippen LogP contribution in [0, 0.1) is 16.7 Å². The minimum atomic E-state index is -0.471. The van der Waals surface area contributed by atoms with E-state index in [1.807, 2.05) is 68.4 Å². The van der Waals surface area contributed by atoms with E-state index in [2.05, 4.69) is 6.07 Å². The molecule has 2 aromatic heterocycles. The van der Waals surface area contributed by atoms with Crippen LogP contribution >= 0.6 is 11.3 Å². The van der Waals surface area contributed by atoms with Crippen molar-refractivity contribution >= 4 is 27.3 Å². The van der Waals surface area contributed by atoms with Gasteiger partial charge in [-0.05, 0) is 17.5 Å². The third-order valence-corrected chi connectivity index (χ3v) is 6.52. The van der Waals surface area contributed by atoms with E-state index in [-0.39, 0.29) is 5.78 Å². The molecule has 2 heterocycles. The zero-order valence-electron chi connectivity index (χ0n) is 16.1. The fraction of sp³-hybridized carbons (Fsp3) is 0.217. The lowest BCUT2D eigenvalue weighted by molar-refractivity contribution is 0.0900. The maximum absolute atomic E-state index is 13.2. The normalized spacial score (nSPS) is 17.8. The number of hydrogen-bond acceptors (Lipinski definition) is 5. The summed E-state index contributed by atoms with van der Waals surface area (Å²) in [4.78, 5) is 17.9. The Kier molecular flexibility index (Phi) is 3.90. The minimum Gasteiger partial charge on any atom is -0.294 e. The quantitative estimate of drug-likeness (QED) is 0.455. The van der Waals surface area contributed by atoms with Crippen LogP contribution in [0.3, 0.4) is 0 Å². The highest BCUT2D eigenvalue weighted by molar-refractivity contribution is 7.20. The Bertz CT molecular complexity index is 1260. The van der Waals surface area contributed by atoms with Crippen LogP contribution < -0.4 is 0 Å². The monoisotopic (exact) mass is 398 g/mol. The molecule has 2 aromatic carbocycles. The fourth-order valence-corrected chi connectivity index (χ4v) is 5.01. The molecule has 0 fully saturated rings. The zero-order valence-corrected chi connectivity index (χ0v) is 16.9. The molecule has 6 heteroatoms.